The van der Waals surface area contributed by atoms with Crippen LogP contribution in [0, 0.1) is 0 Å². The number of ether oxygens (including phenoxy) is 1. The van der Waals surface area contributed by atoms with E-state index in [1.165, 1.54) is 6.08 Å². The number of methoxy groups -OCH3 is 1. The summed E-state index contributed by atoms with van der Waals surface area (Å²) >= 11 is 0. The van der Waals surface area contributed by atoms with Crippen molar-refractivity contribution in [2.75, 3.05) is 12.4 Å². The Kier molecular flexibility index (Phi) is 4.29. The molecule has 96 valence electrons. The zero-order valence-electron chi connectivity index (χ0n) is 10.5. The summed E-state index contributed by atoms with van der Waals surface area (Å²) in [5.41, 5.74) is 1.61. The molecule has 1 aromatic heterocycles. The minimum absolute atomic E-state index is 0.191. The number of amides is 1. The van der Waals surface area contributed by atoms with E-state index in [-0.39, 0.29) is 5.91 Å². The molecule has 0 fully saturated rings. The Bertz CT molecular complexity index is 562. The standard InChI is InChI=1S/C15H14N2O2/c1-19-14-7-4-12(5-8-14)6-9-15(18)17-13-3-2-10-16-11-13/h2-11H,1H3,(H,17,18)/b9-6+. The number of benzene rings is 1. The number of rotatable bonds is 4. The maximum absolute atomic E-state index is 11.7. The lowest BCUT2D eigenvalue weighted by Crippen LogP contribution is -2.07. The smallest absolute Gasteiger partial charge is 0.248 e. The second-order valence-corrected chi connectivity index (χ2v) is 3.84. The number of anilines is 1. The molecule has 0 aliphatic heterocycles. The Labute approximate surface area is 111 Å². The molecule has 0 aliphatic rings. The molecule has 0 radical (unpaired) electrons. The van der Waals surface area contributed by atoms with Crippen molar-refractivity contribution in [1.29, 1.82) is 0 Å². The van der Waals surface area contributed by atoms with Crippen LogP contribution in [0.15, 0.2) is 54.9 Å². The van der Waals surface area contributed by atoms with Gasteiger partial charge in [-0.15, -0.1) is 0 Å². The van der Waals surface area contributed by atoms with Gasteiger partial charge in [-0.25, -0.2) is 0 Å². The molecule has 0 unspecified atom stereocenters. The fourth-order valence-electron chi connectivity index (χ4n) is 1.51. The van der Waals surface area contributed by atoms with Crippen molar-refractivity contribution in [3.63, 3.8) is 0 Å². The summed E-state index contributed by atoms with van der Waals surface area (Å²) in [4.78, 5) is 15.6. The number of hydrogen-bond donors (Lipinski definition) is 1. The number of carbonyl (C=O) groups is 1. The van der Waals surface area contributed by atoms with E-state index in [0.717, 1.165) is 11.3 Å². The van der Waals surface area contributed by atoms with Gasteiger partial charge in [0.05, 0.1) is 19.0 Å². The minimum Gasteiger partial charge on any atom is -0.497 e. The molecule has 1 amide bonds. The van der Waals surface area contributed by atoms with Gasteiger partial charge in [0.25, 0.3) is 0 Å². The van der Waals surface area contributed by atoms with Gasteiger partial charge < -0.3 is 10.1 Å². The summed E-state index contributed by atoms with van der Waals surface area (Å²) in [6.07, 6.45) is 6.47. The van der Waals surface area contributed by atoms with Crippen molar-refractivity contribution in [3.8, 4) is 5.75 Å². The third-order valence-corrected chi connectivity index (χ3v) is 2.47. The second kappa shape index (κ2) is 6.35. The maximum atomic E-state index is 11.7. The van der Waals surface area contributed by atoms with Gasteiger partial charge in [-0.2, -0.15) is 0 Å². The molecule has 4 heteroatoms. The van der Waals surface area contributed by atoms with E-state index in [4.69, 9.17) is 4.74 Å². The van der Waals surface area contributed by atoms with Crippen LogP contribution in [-0.2, 0) is 4.79 Å². The molecule has 0 atom stereocenters. The predicted octanol–water partition coefficient (Wildman–Crippen LogP) is 2.74. The highest BCUT2D eigenvalue weighted by molar-refractivity contribution is 6.01. The van der Waals surface area contributed by atoms with Crippen LogP contribution < -0.4 is 10.1 Å². The van der Waals surface area contributed by atoms with E-state index in [9.17, 15) is 4.79 Å². The topological polar surface area (TPSA) is 51.2 Å². The largest absolute Gasteiger partial charge is 0.497 e. The first-order valence-corrected chi connectivity index (χ1v) is 5.81. The molecule has 2 rings (SSSR count). The van der Waals surface area contributed by atoms with E-state index in [1.54, 1.807) is 37.7 Å². The van der Waals surface area contributed by atoms with Gasteiger partial charge in [0, 0.05) is 12.3 Å². The zero-order chi connectivity index (χ0) is 13.5. The van der Waals surface area contributed by atoms with E-state index in [2.05, 4.69) is 10.3 Å². The fourth-order valence-corrected chi connectivity index (χ4v) is 1.51. The van der Waals surface area contributed by atoms with Crippen LogP contribution in [0.2, 0.25) is 0 Å². The lowest BCUT2D eigenvalue weighted by atomic mass is 10.2. The number of hydrogen-bond acceptors (Lipinski definition) is 3. The molecule has 1 N–H and O–H groups in total. The van der Waals surface area contributed by atoms with Crippen LogP contribution in [0.4, 0.5) is 5.69 Å². The van der Waals surface area contributed by atoms with Gasteiger partial charge >= 0.3 is 0 Å². The highest BCUT2D eigenvalue weighted by Gasteiger charge is 1.97. The molecule has 2 aromatic rings. The third-order valence-electron chi connectivity index (χ3n) is 2.47. The summed E-state index contributed by atoms with van der Waals surface area (Å²) in [6, 6.07) is 11.0. The number of aromatic nitrogens is 1. The molecular formula is C15H14N2O2. The van der Waals surface area contributed by atoms with Gasteiger partial charge in [-0.05, 0) is 35.9 Å². The van der Waals surface area contributed by atoms with Gasteiger partial charge in [0.1, 0.15) is 5.75 Å². The predicted molar refractivity (Wildman–Crippen MR) is 74.9 cm³/mol. The van der Waals surface area contributed by atoms with Crippen LogP contribution in [0.25, 0.3) is 6.08 Å². The fraction of sp³-hybridized carbons (Fsp3) is 0.0667. The van der Waals surface area contributed by atoms with E-state index in [1.807, 2.05) is 24.3 Å². The molecule has 0 bridgehead atoms. The van der Waals surface area contributed by atoms with Crippen molar-refractivity contribution in [3.05, 3.63) is 60.4 Å². The van der Waals surface area contributed by atoms with Crippen LogP contribution in [0.1, 0.15) is 5.56 Å². The Morgan fingerprint density at radius 3 is 2.68 bits per heavy atom. The first-order chi connectivity index (χ1) is 9.28. The lowest BCUT2D eigenvalue weighted by molar-refractivity contribution is -0.111. The summed E-state index contributed by atoms with van der Waals surface area (Å²) < 4.78 is 5.06. The van der Waals surface area contributed by atoms with Gasteiger partial charge in [-0.3, -0.25) is 9.78 Å². The zero-order valence-corrected chi connectivity index (χ0v) is 10.5. The van der Waals surface area contributed by atoms with Crippen molar-refractivity contribution >= 4 is 17.7 Å². The molecule has 0 saturated carbocycles. The first-order valence-electron chi connectivity index (χ1n) is 5.81. The summed E-state index contributed by atoms with van der Waals surface area (Å²) in [5, 5.41) is 2.72. The van der Waals surface area contributed by atoms with Crippen LogP contribution in [-0.4, -0.2) is 18.0 Å². The number of pyridine rings is 1. The lowest BCUT2D eigenvalue weighted by Gasteiger charge is -2.01. The van der Waals surface area contributed by atoms with Crippen molar-refractivity contribution in [2.45, 2.75) is 0 Å². The SMILES string of the molecule is COc1ccc(/C=C/C(=O)Nc2cccnc2)cc1. The van der Waals surface area contributed by atoms with Crippen LogP contribution in [0.5, 0.6) is 5.75 Å². The minimum atomic E-state index is -0.191. The average Bonchev–Trinajstić information content (AvgIpc) is 2.47. The number of carbonyl (C=O) groups excluding carboxylic acids is 1. The van der Waals surface area contributed by atoms with Crippen molar-refractivity contribution in [2.24, 2.45) is 0 Å². The number of nitrogens with one attached hydrogen (secondary N) is 1. The molecule has 0 aliphatic carbocycles. The number of nitrogens with zero attached hydrogens (tertiary/aromatic N) is 1. The summed E-state index contributed by atoms with van der Waals surface area (Å²) in [6.45, 7) is 0. The molecule has 1 aromatic carbocycles. The van der Waals surface area contributed by atoms with Gasteiger partial charge in [-0.1, -0.05) is 12.1 Å². The summed E-state index contributed by atoms with van der Waals surface area (Å²) in [7, 11) is 1.62. The average molecular weight is 254 g/mol. The van der Waals surface area contributed by atoms with Gasteiger partial charge in [0.15, 0.2) is 0 Å². The Morgan fingerprint density at radius 2 is 2.05 bits per heavy atom. The molecule has 0 saturated heterocycles. The molecule has 1 heterocycles. The quantitative estimate of drug-likeness (QED) is 0.853. The molecule has 4 nitrogen and oxygen atoms in total. The Hall–Kier alpha value is -2.62. The highest BCUT2D eigenvalue weighted by Crippen LogP contribution is 2.12. The maximum Gasteiger partial charge on any atom is 0.248 e. The monoisotopic (exact) mass is 254 g/mol. The normalized spacial score (nSPS) is 10.4. The Balaban J connectivity index is 1.96. The Morgan fingerprint density at radius 1 is 1.26 bits per heavy atom. The van der Waals surface area contributed by atoms with Crippen molar-refractivity contribution in [1.82, 2.24) is 4.98 Å². The highest BCUT2D eigenvalue weighted by atomic mass is 16.5. The van der Waals surface area contributed by atoms with Gasteiger partial charge in [0.2, 0.25) is 5.91 Å². The van der Waals surface area contributed by atoms with Crippen molar-refractivity contribution < 1.29 is 9.53 Å². The van der Waals surface area contributed by atoms with Crippen LogP contribution in [0.3, 0.4) is 0 Å². The molecular weight excluding hydrogens is 240 g/mol. The van der Waals surface area contributed by atoms with E-state index < -0.39 is 0 Å². The van der Waals surface area contributed by atoms with E-state index in [0.29, 0.717) is 5.69 Å². The first kappa shape index (κ1) is 12.8. The second-order valence-electron chi connectivity index (χ2n) is 3.84. The van der Waals surface area contributed by atoms with Crippen LogP contribution >= 0.6 is 0 Å². The van der Waals surface area contributed by atoms with E-state index >= 15 is 0 Å². The molecule has 0 spiro atoms. The summed E-state index contributed by atoms with van der Waals surface area (Å²) in [5.74, 6) is 0.598. The third kappa shape index (κ3) is 3.96. The molecule has 19 heavy (non-hydrogen) atoms.